The molecule has 0 atom stereocenters. The summed E-state index contributed by atoms with van der Waals surface area (Å²) in [6.07, 6.45) is 1.89. The van der Waals surface area contributed by atoms with Crippen LogP contribution in [0.25, 0.3) is 21.7 Å². The average Bonchev–Trinajstić information content (AvgIpc) is 3.04. The number of anilines is 2. The largest absolute Gasteiger partial charge is 0.349 e. The summed E-state index contributed by atoms with van der Waals surface area (Å²) >= 11 is 0. The Balaban J connectivity index is 1.86. The number of fused-ring (bicyclic) bond motifs is 2. The highest BCUT2D eigenvalue weighted by atomic mass is 16.2. The Morgan fingerprint density at radius 1 is 0.923 bits per heavy atom. The number of para-hydroxylation sites is 1. The summed E-state index contributed by atoms with van der Waals surface area (Å²) < 4.78 is 1.90. The molecule has 0 spiro atoms. The van der Waals surface area contributed by atoms with E-state index in [1.807, 2.05) is 78.5 Å². The van der Waals surface area contributed by atoms with E-state index in [1.54, 1.807) is 0 Å². The second kappa shape index (κ2) is 6.26. The van der Waals surface area contributed by atoms with Gasteiger partial charge in [-0.3, -0.25) is 0 Å². The predicted molar refractivity (Wildman–Crippen MR) is 104 cm³/mol. The monoisotopic (exact) mass is 340 g/mol. The number of nitrogens with zero attached hydrogens (tertiary/aromatic N) is 2. The van der Waals surface area contributed by atoms with E-state index in [2.05, 4.69) is 16.7 Å². The Morgan fingerprint density at radius 3 is 2.35 bits per heavy atom. The quantitative estimate of drug-likeness (QED) is 0.548. The number of benzene rings is 3. The van der Waals surface area contributed by atoms with Crippen LogP contribution in [0.15, 0.2) is 66.9 Å². The van der Waals surface area contributed by atoms with Crippen LogP contribution in [-0.4, -0.2) is 10.6 Å². The van der Waals surface area contributed by atoms with Crippen molar-refractivity contribution >= 4 is 39.1 Å². The molecule has 4 aromatic rings. The van der Waals surface area contributed by atoms with Crippen molar-refractivity contribution in [2.45, 2.75) is 0 Å². The molecular formula is C21H16N4O. The molecule has 0 aliphatic heterocycles. The van der Waals surface area contributed by atoms with Gasteiger partial charge in [0.2, 0.25) is 0 Å². The maximum Gasteiger partial charge on any atom is 0.323 e. The van der Waals surface area contributed by atoms with Crippen LogP contribution in [0.5, 0.6) is 0 Å². The van der Waals surface area contributed by atoms with Gasteiger partial charge in [0.1, 0.15) is 6.07 Å². The van der Waals surface area contributed by atoms with E-state index in [0.29, 0.717) is 16.9 Å². The van der Waals surface area contributed by atoms with Crippen molar-refractivity contribution in [1.82, 2.24) is 4.57 Å². The van der Waals surface area contributed by atoms with Crippen molar-refractivity contribution in [3.8, 4) is 6.07 Å². The van der Waals surface area contributed by atoms with E-state index in [-0.39, 0.29) is 6.03 Å². The van der Waals surface area contributed by atoms with Crippen molar-refractivity contribution in [1.29, 1.82) is 5.26 Å². The topological polar surface area (TPSA) is 69.8 Å². The number of amides is 2. The van der Waals surface area contributed by atoms with E-state index in [4.69, 9.17) is 0 Å². The van der Waals surface area contributed by atoms with Crippen molar-refractivity contribution in [2.75, 3.05) is 10.6 Å². The summed E-state index contributed by atoms with van der Waals surface area (Å²) in [6, 6.07) is 20.8. The third-order valence-corrected chi connectivity index (χ3v) is 4.43. The summed E-state index contributed by atoms with van der Waals surface area (Å²) in [5, 5.41) is 18.0. The lowest BCUT2D eigenvalue weighted by atomic mass is 9.99. The van der Waals surface area contributed by atoms with Crippen molar-refractivity contribution < 1.29 is 4.79 Å². The Hall–Kier alpha value is -3.78. The van der Waals surface area contributed by atoms with Gasteiger partial charge in [-0.15, -0.1) is 0 Å². The Kier molecular flexibility index (Phi) is 3.79. The van der Waals surface area contributed by atoms with Crippen LogP contribution in [0.2, 0.25) is 0 Å². The molecule has 0 bridgehead atoms. The van der Waals surface area contributed by atoms with Gasteiger partial charge in [-0.2, -0.15) is 5.26 Å². The summed E-state index contributed by atoms with van der Waals surface area (Å²) in [7, 11) is 1.89. The molecule has 0 fully saturated rings. The van der Waals surface area contributed by atoms with Gasteiger partial charge in [0, 0.05) is 35.1 Å². The van der Waals surface area contributed by atoms with Crippen LogP contribution >= 0.6 is 0 Å². The van der Waals surface area contributed by atoms with Gasteiger partial charge >= 0.3 is 6.03 Å². The van der Waals surface area contributed by atoms with Gasteiger partial charge in [0.15, 0.2) is 0 Å². The molecule has 126 valence electrons. The molecule has 0 saturated carbocycles. The number of carbonyl (C=O) groups excluding carboxylic acids is 1. The van der Waals surface area contributed by atoms with Crippen LogP contribution in [0, 0.1) is 11.3 Å². The zero-order valence-corrected chi connectivity index (χ0v) is 14.2. The number of urea groups is 1. The number of hydrogen-bond donors (Lipinski definition) is 2. The third-order valence-electron chi connectivity index (χ3n) is 4.43. The number of nitriles is 1. The van der Waals surface area contributed by atoms with E-state index >= 15 is 0 Å². The first kappa shape index (κ1) is 15.7. The standard InChI is InChI=1S/C21H16N4O/c1-25-12-11-17-19(24-21(26)23-14-7-3-2-4-8-14)16-10-6-5-9-15(16)18(13-22)20(17)25/h2-12H,1H3,(H2,23,24,26). The minimum Gasteiger partial charge on any atom is -0.349 e. The fourth-order valence-corrected chi connectivity index (χ4v) is 3.28. The molecule has 5 heteroatoms. The fourth-order valence-electron chi connectivity index (χ4n) is 3.28. The number of aryl methyl sites for hydroxylation is 1. The smallest absolute Gasteiger partial charge is 0.323 e. The first-order chi connectivity index (χ1) is 12.7. The van der Waals surface area contributed by atoms with Gasteiger partial charge in [0.05, 0.1) is 16.8 Å². The van der Waals surface area contributed by atoms with Gasteiger partial charge in [-0.1, -0.05) is 42.5 Å². The molecule has 3 aromatic carbocycles. The summed E-state index contributed by atoms with van der Waals surface area (Å²) in [5.74, 6) is 0. The number of nitrogens with one attached hydrogen (secondary N) is 2. The molecule has 0 saturated heterocycles. The fraction of sp³-hybridized carbons (Fsp3) is 0.0476. The number of carbonyl (C=O) groups is 1. The maximum atomic E-state index is 12.5. The van der Waals surface area contributed by atoms with Crippen molar-refractivity contribution in [2.24, 2.45) is 7.05 Å². The molecule has 0 aliphatic carbocycles. The molecule has 1 heterocycles. The van der Waals surface area contributed by atoms with Crippen LogP contribution in [-0.2, 0) is 7.05 Å². The second-order valence-corrected chi connectivity index (χ2v) is 6.04. The van der Waals surface area contributed by atoms with E-state index in [1.165, 1.54) is 0 Å². The highest BCUT2D eigenvalue weighted by molar-refractivity contribution is 6.18. The van der Waals surface area contributed by atoms with Crippen LogP contribution < -0.4 is 10.6 Å². The lowest BCUT2D eigenvalue weighted by Gasteiger charge is -2.14. The molecule has 4 rings (SSSR count). The Labute approximate surface area is 150 Å². The second-order valence-electron chi connectivity index (χ2n) is 6.04. The molecule has 2 N–H and O–H groups in total. The first-order valence-corrected chi connectivity index (χ1v) is 8.22. The maximum absolute atomic E-state index is 12.5. The van der Waals surface area contributed by atoms with Crippen LogP contribution in [0.4, 0.5) is 16.2 Å². The molecular weight excluding hydrogens is 324 g/mol. The highest BCUT2D eigenvalue weighted by Gasteiger charge is 2.17. The average molecular weight is 340 g/mol. The zero-order chi connectivity index (χ0) is 18.1. The normalized spacial score (nSPS) is 10.6. The minimum atomic E-state index is -0.323. The minimum absolute atomic E-state index is 0.323. The molecule has 0 radical (unpaired) electrons. The number of hydrogen-bond acceptors (Lipinski definition) is 2. The molecule has 5 nitrogen and oxygen atoms in total. The highest BCUT2D eigenvalue weighted by Crippen LogP contribution is 2.36. The first-order valence-electron chi connectivity index (χ1n) is 8.22. The third kappa shape index (κ3) is 2.54. The van der Waals surface area contributed by atoms with E-state index in [0.717, 1.165) is 21.7 Å². The summed E-state index contributed by atoms with van der Waals surface area (Å²) in [4.78, 5) is 12.5. The lowest BCUT2D eigenvalue weighted by molar-refractivity contribution is 0.262. The molecule has 1 aromatic heterocycles. The van der Waals surface area contributed by atoms with Crippen molar-refractivity contribution in [3.05, 3.63) is 72.4 Å². The van der Waals surface area contributed by atoms with Crippen molar-refractivity contribution in [3.63, 3.8) is 0 Å². The Morgan fingerprint density at radius 2 is 1.62 bits per heavy atom. The van der Waals surface area contributed by atoms with Gasteiger partial charge in [-0.25, -0.2) is 4.79 Å². The SMILES string of the molecule is Cn1ccc2c(NC(=O)Nc3ccccc3)c3ccccc3c(C#N)c21. The van der Waals surface area contributed by atoms with E-state index in [9.17, 15) is 10.1 Å². The van der Waals surface area contributed by atoms with Gasteiger partial charge in [-0.05, 0) is 18.2 Å². The predicted octanol–water partition coefficient (Wildman–Crippen LogP) is 4.85. The van der Waals surface area contributed by atoms with Gasteiger partial charge < -0.3 is 15.2 Å². The van der Waals surface area contributed by atoms with Gasteiger partial charge in [0.25, 0.3) is 0 Å². The summed E-state index contributed by atoms with van der Waals surface area (Å²) in [6.45, 7) is 0. The molecule has 0 unspecified atom stereocenters. The molecule has 2 amide bonds. The molecule has 26 heavy (non-hydrogen) atoms. The number of rotatable bonds is 2. The lowest BCUT2D eigenvalue weighted by Crippen LogP contribution is -2.19. The number of aromatic nitrogens is 1. The summed E-state index contributed by atoms with van der Waals surface area (Å²) in [5.41, 5.74) is 2.83. The zero-order valence-electron chi connectivity index (χ0n) is 14.2. The van der Waals surface area contributed by atoms with Crippen LogP contribution in [0.3, 0.4) is 0 Å². The molecule has 0 aliphatic rings. The van der Waals surface area contributed by atoms with Crippen LogP contribution in [0.1, 0.15) is 5.56 Å². The Bertz CT molecular complexity index is 1170. The van der Waals surface area contributed by atoms with E-state index < -0.39 is 0 Å².